The van der Waals surface area contributed by atoms with Gasteiger partial charge in [-0.25, -0.2) is 0 Å². The van der Waals surface area contributed by atoms with Gasteiger partial charge in [0, 0.05) is 6.54 Å². The summed E-state index contributed by atoms with van der Waals surface area (Å²) < 4.78 is 4.98. The molecule has 1 N–H and O–H groups in total. The lowest BCUT2D eigenvalue weighted by molar-refractivity contribution is -0.0589. The minimum absolute atomic E-state index is 0.243. The molecule has 0 saturated carbocycles. The van der Waals surface area contributed by atoms with E-state index in [9.17, 15) is 0 Å². The van der Waals surface area contributed by atoms with E-state index in [-0.39, 0.29) is 6.61 Å². The first-order valence-corrected chi connectivity index (χ1v) is 3.23. The molecule has 1 heterocycles. The molecule has 0 aromatic rings. The molecule has 0 atom stereocenters. The zero-order chi connectivity index (χ0) is 6.69. The van der Waals surface area contributed by atoms with E-state index in [2.05, 4.69) is 4.90 Å². The van der Waals surface area contributed by atoms with Gasteiger partial charge in [-0.1, -0.05) is 0 Å². The van der Waals surface area contributed by atoms with Crippen molar-refractivity contribution in [2.45, 2.75) is 6.04 Å². The minimum atomic E-state index is 0.243. The highest BCUT2D eigenvalue weighted by molar-refractivity contribution is 4.73. The fourth-order valence-electron chi connectivity index (χ4n) is 0.818. The van der Waals surface area contributed by atoms with Crippen LogP contribution in [0.3, 0.4) is 0 Å². The number of likely N-dealkylation sites (N-methyl/N-ethyl adjacent to an activating group) is 1. The predicted molar refractivity (Wildman–Crippen MR) is 34.3 cm³/mol. The van der Waals surface area contributed by atoms with Gasteiger partial charge < -0.3 is 9.84 Å². The van der Waals surface area contributed by atoms with Crippen LogP contribution in [0.5, 0.6) is 0 Å². The van der Waals surface area contributed by atoms with E-state index in [0.717, 1.165) is 19.8 Å². The van der Waals surface area contributed by atoms with Gasteiger partial charge in [-0.2, -0.15) is 0 Å². The van der Waals surface area contributed by atoms with Gasteiger partial charge >= 0.3 is 0 Å². The highest BCUT2D eigenvalue weighted by Crippen LogP contribution is 2.06. The summed E-state index contributed by atoms with van der Waals surface area (Å²) in [5, 5.41) is 8.52. The van der Waals surface area contributed by atoms with Crippen LogP contribution in [0.15, 0.2) is 0 Å². The van der Waals surface area contributed by atoms with E-state index in [1.807, 2.05) is 7.05 Å². The van der Waals surface area contributed by atoms with Crippen LogP contribution in [0.2, 0.25) is 0 Å². The molecule has 0 aromatic carbocycles. The zero-order valence-corrected chi connectivity index (χ0v) is 5.71. The van der Waals surface area contributed by atoms with Crippen molar-refractivity contribution < 1.29 is 9.84 Å². The van der Waals surface area contributed by atoms with Crippen LogP contribution in [-0.4, -0.2) is 49.5 Å². The maximum atomic E-state index is 8.52. The standard InChI is InChI=1S/C6H13NO2/c1-7(2-3-8)6-4-9-5-6/h6,8H,2-5H2,1H3. The Bertz CT molecular complexity index is 83.1. The molecule has 1 aliphatic rings. The Kier molecular flexibility index (Phi) is 2.45. The fraction of sp³-hybridized carbons (Fsp3) is 1.00. The van der Waals surface area contributed by atoms with Gasteiger partial charge in [-0.3, -0.25) is 4.90 Å². The van der Waals surface area contributed by atoms with Crippen LogP contribution < -0.4 is 0 Å². The maximum absolute atomic E-state index is 8.52. The van der Waals surface area contributed by atoms with Crippen molar-refractivity contribution in [3.63, 3.8) is 0 Å². The second kappa shape index (κ2) is 3.15. The van der Waals surface area contributed by atoms with Gasteiger partial charge in [-0.05, 0) is 7.05 Å². The summed E-state index contributed by atoms with van der Waals surface area (Å²) in [6.07, 6.45) is 0. The number of ether oxygens (including phenoxy) is 1. The average Bonchev–Trinajstić information content (AvgIpc) is 1.60. The molecule has 9 heavy (non-hydrogen) atoms. The first kappa shape index (κ1) is 6.99. The lowest BCUT2D eigenvalue weighted by Crippen LogP contribution is -2.47. The molecule has 1 rings (SSSR count). The molecule has 0 aliphatic carbocycles. The number of hydrogen-bond acceptors (Lipinski definition) is 3. The third-order valence-electron chi connectivity index (χ3n) is 1.70. The minimum Gasteiger partial charge on any atom is -0.395 e. The van der Waals surface area contributed by atoms with E-state index >= 15 is 0 Å². The van der Waals surface area contributed by atoms with Crippen molar-refractivity contribution >= 4 is 0 Å². The number of aliphatic hydroxyl groups excluding tert-OH is 1. The normalized spacial score (nSPS) is 20.3. The third kappa shape index (κ3) is 1.64. The quantitative estimate of drug-likeness (QED) is 0.550. The molecule has 0 aromatic heterocycles. The molecule has 3 heteroatoms. The van der Waals surface area contributed by atoms with Crippen LogP contribution >= 0.6 is 0 Å². The Balaban J connectivity index is 2.08. The Hall–Kier alpha value is -0.120. The smallest absolute Gasteiger partial charge is 0.0645 e. The molecule has 1 fully saturated rings. The van der Waals surface area contributed by atoms with Crippen LogP contribution in [0.25, 0.3) is 0 Å². The molecule has 0 spiro atoms. The van der Waals surface area contributed by atoms with Crippen molar-refractivity contribution in [2.75, 3.05) is 33.4 Å². The van der Waals surface area contributed by atoms with Crippen LogP contribution in [0.1, 0.15) is 0 Å². The highest BCUT2D eigenvalue weighted by Gasteiger charge is 2.21. The molecule has 0 radical (unpaired) electrons. The van der Waals surface area contributed by atoms with Gasteiger partial charge in [0.15, 0.2) is 0 Å². The Morgan fingerprint density at radius 1 is 1.67 bits per heavy atom. The van der Waals surface area contributed by atoms with Crippen molar-refractivity contribution in [3.05, 3.63) is 0 Å². The summed E-state index contributed by atoms with van der Waals surface area (Å²) in [6, 6.07) is 0.553. The first-order valence-electron chi connectivity index (χ1n) is 3.23. The summed E-state index contributed by atoms with van der Waals surface area (Å²) in [5.41, 5.74) is 0. The van der Waals surface area contributed by atoms with Gasteiger partial charge in [0.25, 0.3) is 0 Å². The van der Waals surface area contributed by atoms with Gasteiger partial charge in [0.1, 0.15) is 0 Å². The first-order chi connectivity index (χ1) is 4.34. The van der Waals surface area contributed by atoms with Crippen molar-refractivity contribution in [3.8, 4) is 0 Å². The maximum Gasteiger partial charge on any atom is 0.0645 e. The fourth-order valence-corrected chi connectivity index (χ4v) is 0.818. The predicted octanol–water partition coefficient (Wildman–Crippen LogP) is -0.691. The molecule has 1 aliphatic heterocycles. The van der Waals surface area contributed by atoms with Gasteiger partial charge in [0.2, 0.25) is 0 Å². The van der Waals surface area contributed by atoms with Gasteiger partial charge in [-0.15, -0.1) is 0 Å². The molecule has 0 amide bonds. The number of nitrogens with zero attached hydrogens (tertiary/aromatic N) is 1. The van der Waals surface area contributed by atoms with E-state index in [1.54, 1.807) is 0 Å². The Labute approximate surface area is 55.2 Å². The van der Waals surface area contributed by atoms with Crippen LogP contribution in [-0.2, 0) is 4.74 Å². The molecule has 3 nitrogen and oxygen atoms in total. The van der Waals surface area contributed by atoms with Crippen molar-refractivity contribution in [1.82, 2.24) is 4.90 Å². The third-order valence-corrected chi connectivity index (χ3v) is 1.70. The lowest BCUT2D eigenvalue weighted by atomic mass is 10.2. The molecular weight excluding hydrogens is 118 g/mol. The highest BCUT2D eigenvalue weighted by atomic mass is 16.5. The van der Waals surface area contributed by atoms with Crippen LogP contribution in [0, 0.1) is 0 Å². The summed E-state index contributed by atoms with van der Waals surface area (Å²) in [4.78, 5) is 2.11. The van der Waals surface area contributed by atoms with E-state index in [0.29, 0.717) is 6.04 Å². The van der Waals surface area contributed by atoms with E-state index < -0.39 is 0 Å². The topological polar surface area (TPSA) is 32.7 Å². The SMILES string of the molecule is CN(CCO)C1COC1. The Morgan fingerprint density at radius 3 is 2.67 bits per heavy atom. The molecule has 1 saturated heterocycles. The molecule has 0 unspecified atom stereocenters. The summed E-state index contributed by atoms with van der Waals surface area (Å²) in [7, 11) is 2.00. The molecular formula is C6H13NO2. The number of hydrogen-bond donors (Lipinski definition) is 1. The number of rotatable bonds is 3. The summed E-state index contributed by atoms with van der Waals surface area (Å²) in [6.45, 7) is 2.66. The lowest BCUT2D eigenvalue weighted by Gasteiger charge is -2.33. The van der Waals surface area contributed by atoms with Crippen LogP contribution in [0.4, 0.5) is 0 Å². The summed E-state index contributed by atoms with van der Waals surface area (Å²) in [5.74, 6) is 0. The monoisotopic (exact) mass is 131 g/mol. The van der Waals surface area contributed by atoms with E-state index in [1.165, 1.54) is 0 Å². The van der Waals surface area contributed by atoms with Gasteiger partial charge in [0.05, 0.1) is 25.9 Å². The molecule has 54 valence electrons. The Morgan fingerprint density at radius 2 is 2.33 bits per heavy atom. The molecule has 0 bridgehead atoms. The average molecular weight is 131 g/mol. The second-order valence-corrected chi connectivity index (χ2v) is 2.40. The largest absolute Gasteiger partial charge is 0.395 e. The van der Waals surface area contributed by atoms with Crippen molar-refractivity contribution in [2.24, 2.45) is 0 Å². The second-order valence-electron chi connectivity index (χ2n) is 2.40. The van der Waals surface area contributed by atoms with E-state index in [4.69, 9.17) is 9.84 Å². The zero-order valence-electron chi connectivity index (χ0n) is 5.71. The summed E-state index contributed by atoms with van der Waals surface area (Å²) >= 11 is 0. The number of aliphatic hydroxyl groups is 1. The van der Waals surface area contributed by atoms with Crippen molar-refractivity contribution in [1.29, 1.82) is 0 Å².